The third-order valence-electron chi connectivity index (χ3n) is 3.17. The Hall–Kier alpha value is -1.22. The fraction of sp³-hybridized carbons (Fsp3) is 0.462. The number of methoxy groups -OCH3 is 1. The summed E-state index contributed by atoms with van der Waals surface area (Å²) in [6.07, 6.45) is 1.93. The second kappa shape index (κ2) is 4.57. The molecule has 0 amide bonds. The van der Waals surface area contributed by atoms with Gasteiger partial charge in [-0.25, -0.2) is 0 Å². The van der Waals surface area contributed by atoms with E-state index in [-0.39, 0.29) is 5.92 Å². The predicted molar refractivity (Wildman–Crippen MR) is 65.8 cm³/mol. The van der Waals surface area contributed by atoms with Gasteiger partial charge in [0, 0.05) is 10.6 Å². The second-order valence-electron chi connectivity index (χ2n) is 4.50. The highest BCUT2D eigenvalue weighted by atomic mass is 35.5. The van der Waals surface area contributed by atoms with Crippen LogP contribution in [-0.2, 0) is 4.79 Å². The van der Waals surface area contributed by atoms with Crippen LogP contribution in [0.2, 0.25) is 5.02 Å². The molecule has 1 N–H and O–H groups in total. The van der Waals surface area contributed by atoms with Gasteiger partial charge in [-0.3, -0.25) is 4.79 Å². The van der Waals surface area contributed by atoms with Gasteiger partial charge in [0.25, 0.3) is 0 Å². The van der Waals surface area contributed by atoms with E-state index in [1.54, 1.807) is 19.2 Å². The van der Waals surface area contributed by atoms with Crippen molar-refractivity contribution in [3.63, 3.8) is 0 Å². The summed E-state index contributed by atoms with van der Waals surface area (Å²) in [7, 11) is 1.56. The molecular weight excluding hydrogens is 240 g/mol. The molecule has 1 atom stereocenters. The largest absolute Gasteiger partial charge is 0.496 e. The molecule has 1 aromatic carbocycles. The minimum absolute atomic E-state index is 0.222. The van der Waals surface area contributed by atoms with Gasteiger partial charge < -0.3 is 9.84 Å². The van der Waals surface area contributed by atoms with Crippen molar-refractivity contribution in [3.05, 3.63) is 28.3 Å². The van der Waals surface area contributed by atoms with Gasteiger partial charge in [-0.1, -0.05) is 11.6 Å². The minimum atomic E-state index is -0.799. The Morgan fingerprint density at radius 1 is 1.53 bits per heavy atom. The number of halogens is 1. The van der Waals surface area contributed by atoms with Crippen LogP contribution in [0.5, 0.6) is 5.75 Å². The van der Waals surface area contributed by atoms with Crippen molar-refractivity contribution in [2.45, 2.75) is 25.7 Å². The first kappa shape index (κ1) is 12.2. The van der Waals surface area contributed by atoms with E-state index < -0.39 is 11.9 Å². The van der Waals surface area contributed by atoms with Crippen molar-refractivity contribution in [3.8, 4) is 5.75 Å². The molecule has 0 aromatic heterocycles. The maximum Gasteiger partial charge on any atom is 0.311 e. The Morgan fingerprint density at radius 3 is 2.65 bits per heavy atom. The van der Waals surface area contributed by atoms with Gasteiger partial charge in [0.15, 0.2) is 0 Å². The van der Waals surface area contributed by atoms with E-state index in [0.717, 1.165) is 18.4 Å². The van der Waals surface area contributed by atoms with E-state index in [4.69, 9.17) is 16.3 Å². The molecular formula is C13H15ClO3. The molecule has 0 spiro atoms. The molecule has 1 unspecified atom stereocenters. The van der Waals surface area contributed by atoms with Crippen LogP contribution in [0.3, 0.4) is 0 Å². The van der Waals surface area contributed by atoms with E-state index >= 15 is 0 Å². The zero-order chi connectivity index (χ0) is 12.6. The number of aryl methyl sites for hydroxylation is 1. The molecule has 92 valence electrons. The van der Waals surface area contributed by atoms with Crippen LogP contribution < -0.4 is 4.74 Å². The SMILES string of the molecule is COc1c(C)cc(Cl)cc1C(C(=O)O)C1CC1. The number of benzene rings is 1. The van der Waals surface area contributed by atoms with Crippen LogP contribution in [0.4, 0.5) is 0 Å². The van der Waals surface area contributed by atoms with Crippen molar-refractivity contribution in [1.82, 2.24) is 0 Å². The number of hydrogen-bond acceptors (Lipinski definition) is 2. The first-order valence-electron chi connectivity index (χ1n) is 5.61. The minimum Gasteiger partial charge on any atom is -0.496 e. The predicted octanol–water partition coefficient (Wildman–Crippen LogP) is 3.24. The number of carbonyl (C=O) groups is 1. The van der Waals surface area contributed by atoms with Gasteiger partial charge in [0.1, 0.15) is 5.75 Å². The Bertz CT molecular complexity index is 452. The lowest BCUT2D eigenvalue weighted by Gasteiger charge is -2.17. The molecule has 2 rings (SSSR count). The fourth-order valence-electron chi connectivity index (χ4n) is 2.28. The van der Waals surface area contributed by atoms with E-state index in [2.05, 4.69) is 0 Å². The van der Waals surface area contributed by atoms with Crippen molar-refractivity contribution in [2.24, 2.45) is 5.92 Å². The molecule has 1 saturated carbocycles. The molecule has 0 saturated heterocycles. The molecule has 17 heavy (non-hydrogen) atoms. The average molecular weight is 255 g/mol. The highest BCUT2D eigenvalue weighted by molar-refractivity contribution is 6.30. The van der Waals surface area contributed by atoms with Crippen LogP contribution in [0.25, 0.3) is 0 Å². The summed E-state index contributed by atoms with van der Waals surface area (Å²) in [5.41, 5.74) is 1.58. The van der Waals surface area contributed by atoms with Gasteiger partial charge in [0.05, 0.1) is 13.0 Å². The van der Waals surface area contributed by atoms with Gasteiger partial charge in [0.2, 0.25) is 0 Å². The highest BCUT2D eigenvalue weighted by Crippen LogP contribution is 2.46. The molecule has 0 heterocycles. The lowest BCUT2D eigenvalue weighted by molar-refractivity contribution is -0.139. The van der Waals surface area contributed by atoms with Crippen molar-refractivity contribution < 1.29 is 14.6 Å². The first-order chi connectivity index (χ1) is 8.04. The van der Waals surface area contributed by atoms with Crippen molar-refractivity contribution >= 4 is 17.6 Å². The number of carboxylic acids is 1. The summed E-state index contributed by atoms with van der Waals surface area (Å²) in [6, 6.07) is 3.50. The quantitative estimate of drug-likeness (QED) is 0.897. The maximum atomic E-state index is 11.4. The molecule has 1 fully saturated rings. The van der Waals surface area contributed by atoms with E-state index in [1.165, 1.54) is 0 Å². The fourth-order valence-corrected chi connectivity index (χ4v) is 2.57. The van der Waals surface area contributed by atoms with E-state index in [0.29, 0.717) is 16.3 Å². The zero-order valence-electron chi connectivity index (χ0n) is 9.87. The summed E-state index contributed by atoms with van der Waals surface area (Å²) in [6.45, 7) is 1.88. The highest BCUT2D eigenvalue weighted by Gasteiger charge is 2.39. The Balaban J connectivity index is 2.51. The topological polar surface area (TPSA) is 46.5 Å². The molecule has 1 aliphatic carbocycles. The zero-order valence-corrected chi connectivity index (χ0v) is 10.6. The lowest BCUT2D eigenvalue weighted by Crippen LogP contribution is -2.15. The van der Waals surface area contributed by atoms with Crippen LogP contribution in [-0.4, -0.2) is 18.2 Å². The average Bonchev–Trinajstić information content (AvgIpc) is 3.01. The van der Waals surface area contributed by atoms with Crippen LogP contribution in [0, 0.1) is 12.8 Å². The maximum absolute atomic E-state index is 11.4. The molecule has 1 aromatic rings. The standard InChI is InChI=1S/C13H15ClO3/c1-7-5-9(14)6-10(12(7)17-2)11(13(15)16)8-3-4-8/h5-6,8,11H,3-4H2,1-2H3,(H,15,16). The van der Waals surface area contributed by atoms with Gasteiger partial charge in [-0.15, -0.1) is 0 Å². The summed E-state index contributed by atoms with van der Waals surface area (Å²) >= 11 is 6.00. The monoisotopic (exact) mass is 254 g/mol. The van der Waals surface area contributed by atoms with Crippen molar-refractivity contribution in [2.75, 3.05) is 7.11 Å². The normalized spacial score (nSPS) is 16.6. The second-order valence-corrected chi connectivity index (χ2v) is 4.93. The third-order valence-corrected chi connectivity index (χ3v) is 3.38. The van der Waals surface area contributed by atoms with Gasteiger partial charge >= 0.3 is 5.97 Å². The molecule has 3 nitrogen and oxygen atoms in total. The third kappa shape index (κ3) is 2.39. The molecule has 1 aliphatic rings. The van der Waals surface area contributed by atoms with Crippen LogP contribution >= 0.6 is 11.6 Å². The molecule has 0 aliphatic heterocycles. The van der Waals surface area contributed by atoms with Gasteiger partial charge in [-0.2, -0.15) is 0 Å². The molecule has 0 radical (unpaired) electrons. The smallest absolute Gasteiger partial charge is 0.311 e. The van der Waals surface area contributed by atoms with Crippen molar-refractivity contribution in [1.29, 1.82) is 0 Å². The lowest BCUT2D eigenvalue weighted by atomic mass is 9.92. The Morgan fingerprint density at radius 2 is 2.18 bits per heavy atom. The summed E-state index contributed by atoms with van der Waals surface area (Å²) in [5, 5.41) is 9.90. The summed E-state index contributed by atoms with van der Waals surface area (Å²) in [4.78, 5) is 11.4. The first-order valence-corrected chi connectivity index (χ1v) is 5.99. The van der Waals surface area contributed by atoms with Crippen LogP contribution in [0.15, 0.2) is 12.1 Å². The molecule has 0 bridgehead atoms. The number of rotatable bonds is 4. The summed E-state index contributed by atoms with van der Waals surface area (Å²) in [5.74, 6) is -0.428. The number of carboxylic acid groups (broad SMARTS) is 1. The summed E-state index contributed by atoms with van der Waals surface area (Å²) < 4.78 is 5.32. The van der Waals surface area contributed by atoms with E-state index in [1.807, 2.05) is 6.92 Å². The number of aliphatic carboxylic acids is 1. The molecule has 4 heteroatoms. The van der Waals surface area contributed by atoms with Crippen LogP contribution in [0.1, 0.15) is 29.9 Å². The number of ether oxygens (including phenoxy) is 1. The van der Waals surface area contributed by atoms with Gasteiger partial charge in [-0.05, 0) is 43.4 Å². The Labute approximate surface area is 105 Å². The number of hydrogen-bond donors (Lipinski definition) is 1. The van der Waals surface area contributed by atoms with E-state index in [9.17, 15) is 9.90 Å². The Kier molecular flexibility index (Phi) is 3.29.